The highest BCUT2D eigenvalue weighted by molar-refractivity contribution is 7.89. The van der Waals surface area contributed by atoms with E-state index in [2.05, 4.69) is 5.32 Å². The number of nitro benzene ring substituents is 1. The molecule has 3 rings (SSSR count). The highest BCUT2D eigenvalue weighted by atomic mass is 32.2. The van der Waals surface area contributed by atoms with Crippen molar-refractivity contribution in [2.45, 2.75) is 17.9 Å². The average Bonchev–Trinajstić information content (AvgIpc) is 2.74. The molecule has 0 unspecified atom stereocenters. The molecule has 1 heterocycles. The summed E-state index contributed by atoms with van der Waals surface area (Å²) < 4.78 is 37.4. The predicted molar refractivity (Wildman–Crippen MR) is 108 cm³/mol. The molecule has 2 aromatic rings. The Morgan fingerprint density at radius 1 is 1.21 bits per heavy atom. The number of methoxy groups -OCH3 is 1. The molecule has 0 aromatic heterocycles. The summed E-state index contributed by atoms with van der Waals surface area (Å²) in [4.78, 5) is 10.9. The van der Waals surface area contributed by atoms with Crippen molar-refractivity contribution in [2.75, 3.05) is 38.7 Å². The third kappa shape index (κ3) is 4.50. The summed E-state index contributed by atoms with van der Waals surface area (Å²) in [5.74, 6) is 0.654. The smallest absolute Gasteiger partial charge is 0.293 e. The summed E-state index contributed by atoms with van der Waals surface area (Å²) in [6, 6.07) is 11.0. The van der Waals surface area contributed by atoms with Gasteiger partial charge in [-0.2, -0.15) is 4.31 Å². The molecular weight excluding hydrogens is 398 g/mol. The van der Waals surface area contributed by atoms with Gasteiger partial charge in [0.05, 0.1) is 36.2 Å². The third-order valence-corrected chi connectivity index (χ3v) is 6.65. The van der Waals surface area contributed by atoms with Crippen LogP contribution in [-0.2, 0) is 14.8 Å². The molecule has 1 saturated heterocycles. The van der Waals surface area contributed by atoms with Crippen LogP contribution in [0.2, 0.25) is 0 Å². The Hall–Kier alpha value is -2.69. The fraction of sp³-hybridized carbons (Fsp3) is 0.368. The zero-order chi connectivity index (χ0) is 21.0. The molecule has 0 radical (unpaired) electrons. The molecule has 156 valence electrons. The number of benzene rings is 2. The summed E-state index contributed by atoms with van der Waals surface area (Å²) in [7, 11) is -2.27. The summed E-state index contributed by atoms with van der Waals surface area (Å²) >= 11 is 0. The van der Waals surface area contributed by atoms with Crippen molar-refractivity contribution < 1.29 is 22.8 Å². The number of morpholine rings is 1. The minimum absolute atomic E-state index is 0.110. The molecule has 9 nitrogen and oxygen atoms in total. The Labute approximate surface area is 169 Å². The van der Waals surface area contributed by atoms with E-state index in [1.165, 1.54) is 16.4 Å². The Kier molecular flexibility index (Phi) is 6.36. The number of nitrogens with one attached hydrogen (secondary N) is 1. The minimum Gasteiger partial charge on any atom is -0.496 e. The van der Waals surface area contributed by atoms with Crippen LogP contribution < -0.4 is 10.1 Å². The quantitative estimate of drug-likeness (QED) is 0.540. The number of para-hydroxylation sites is 1. The second-order valence-electron chi connectivity index (χ2n) is 6.56. The van der Waals surface area contributed by atoms with Gasteiger partial charge in [-0.05, 0) is 25.1 Å². The lowest BCUT2D eigenvalue weighted by molar-refractivity contribution is -0.384. The van der Waals surface area contributed by atoms with E-state index in [0.29, 0.717) is 19.0 Å². The van der Waals surface area contributed by atoms with Gasteiger partial charge in [-0.25, -0.2) is 8.42 Å². The van der Waals surface area contributed by atoms with Gasteiger partial charge in [-0.15, -0.1) is 0 Å². The number of ether oxygens (including phenoxy) is 2. The lowest BCUT2D eigenvalue weighted by Gasteiger charge is -2.26. The van der Waals surface area contributed by atoms with Crippen LogP contribution in [0.1, 0.15) is 18.5 Å². The van der Waals surface area contributed by atoms with Gasteiger partial charge >= 0.3 is 0 Å². The highest BCUT2D eigenvalue weighted by Crippen LogP contribution is 2.33. The monoisotopic (exact) mass is 421 g/mol. The van der Waals surface area contributed by atoms with Crippen LogP contribution in [0.25, 0.3) is 0 Å². The molecule has 2 aromatic carbocycles. The highest BCUT2D eigenvalue weighted by Gasteiger charge is 2.29. The molecule has 0 bridgehead atoms. The van der Waals surface area contributed by atoms with Crippen molar-refractivity contribution in [3.05, 3.63) is 58.1 Å². The van der Waals surface area contributed by atoms with E-state index >= 15 is 0 Å². The maximum absolute atomic E-state index is 12.8. The van der Waals surface area contributed by atoms with E-state index < -0.39 is 14.9 Å². The fourth-order valence-corrected chi connectivity index (χ4v) is 4.64. The van der Waals surface area contributed by atoms with E-state index in [0.717, 1.165) is 11.6 Å². The molecule has 1 aliphatic heterocycles. The average molecular weight is 421 g/mol. The topological polar surface area (TPSA) is 111 Å². The fourth-order valence-electron chi connectivity index (χ4n) is 3.22. The number of rotatable bonds is 7. The van der Waals surface area contributed by atoms with Gasteiger partial charge in [0.1, 0.15) is 11.4 Å². The Balaban J connectivity index is 1.91. The number of nitrogens with zero attached hydrogens (tertiary/aromatic N) is 2. The molecule has 1 aliphatic rings. The summed E-state index contributed by atoms with van der Waals surface area (Å²) in [6.07, 6.45) is 0. The largest absolute Gasteiger partial charge is 0.496 e. The SMILES string of the molecule is COc1ccccc1[C@H](C)Nc1ccc(S(=O)(=O)N2CCOCC2)cc1[N+](=O)[O-]. The van der Waals surface area contributed by atoms with E-state index in [9.17, 15) is 18.5 Å². The molecule has 0 amide bonds. The predicted octanol–water partition coefficient (Wildman–Crippen LogP) is 2.80. The van der Waals surface area contributed by atoms with E-state index in [1.54, 1.807) is 13.2 Å². The van der Waals surface area contributed by atoms with Gasteiger partial charge in [-0.3, -0.25) is 10.1 Å². The molecule has 0 spiro atoms. The van der Waals surface area contributed by atoms with Crippen molar-refractivity contribution >= 4 is 21.4 Å². The molecular formula is C19H23N3O6S. The van der Waals surface area contributed by atoms with Crippen molar-refractivity contribution in [2.24, 2.45) is 0 Å². The first-order valence-corrected chi connectivity index (χ1v) is 10.5. The molecule has 1 fully saturated rings. The normalized spacial score (nSPS) is 16.2. The van der Waals surface area contributed by atoms with Crippen LogP contribution in [0, 0.1) is 10.1 Å². The Morgan fingerprint density at radius 2 is 1.90 bits per heavy atom. The van der Waals surface area contributed by atoms with Gasteiger partial charge in [0.15, 0.2) is 0 Å². The Bertz CT molecular complexity index is 989. The number of sulfonamides is 1. The van der Waals surface area contributed by atoms with Crippen molar-refractivity contribution in [1.82, 2.24) is 4.31 Å². The molecule has 29 heavy (non-hydrogen) atoms. The van der Waals surface area contributed by atoms with Gasteiger partial charge in [0.2, 0.25) is 10.0 Å². The van der Waals surface area contributed by atoms with Gasteiger partial charge < -0.3 is 14.8 Å². The third-order valence-electron chi connectivity index (χ3n) is 4.75. The van der Waals surface area contributed by atoms with Crippen LogP contribution >= 0.6 is 0 Å². The van der Waals surface area contributed by atoms with E-state index in [1.807, 2.05) is 25.1 Å². The summed E-state index contributed by atoms with van der Waals surface area (Å²) in [6.45, 7) is 2.90. The first kappa shape index (κ1) is 21.0. The van der Waals surface area contributed by atoms with Gasteiger partial charge in [0, 0.05) is 24.7 Å². The molecule has 0 saturated carbocycles. The second kappa shape index (κ2) is 8.76. The van der Waals surface area contributed by atoms with Gasteiger partial charge in [-0.1, -0.05) is 18.2 Å². The lowest BCUT2D eigenvalue weighted by atomic mass is 10.1. The number of anilines is 1. The molecule has 1 atom stereocenters. The number of hydrogen-bond donors (Lipinski definition) is 1. The minimum atomic E-state index is -3.83. The van der Waals surface area contributed by atoms with Crippen molar-refractivity contribution in [3.8, 4) is 5.75 Å². The zero-order valence-electron chi connectivity index (χ0n) is 16.2. The lowest BCUT2D eigenvalue weighted by Crippen LogP contribution is -2.40. The summed E-state index contributed by atoms with van der Waals surface area (Å²) in [5, 5.41) is 14.7. The standard InChI is InChI=1S/C19H23N3O6S/c1-14(16-5-3-4-6-19(16)27-2)20-17-8-7-15(13-18(17)22(23)24)29(25,26)21-9-11-28-12-10-21/h3-8,13-14,20H,9-12H2,1-2H3/t14-/m0/s1. The molecule has 10 heteroatoms. The van der Waals surface area contributed by atoms with Crippen molar-refractivity contribution in [1.29, 1.82) is 0 Å². The first-order chi connectivity index (χ1) is 13.8. The van der Waals surface area contributed by atoms with Crippen molar-refractivity contribution in [3.63, 3.8) is 0 Å². The maximum atomic E-state index is 12.8. The van der Waals surface area contributed by atoms with Crippen LogP contribution in [0.15, 0.2) is 47.4 Å². The van der Waals surface area contributed by atoms with E-state index in [4.69, 9.17) is 9.47 Å². The van der Waals surface area contributed by atoms with Crippen LogP contribution in [0.5, 0.6) is 5.75 Å². The van der Waals surface area contributed by atoms with E-state index in [-0.39, 0.29) is 35.4 Å². The maximum Gasteiger partial charge on any atom is 0.293 e. The van der Waals surface area contributed by atoms with Gasteiger partial charge in [0.25, 0.3) is 5.69 Å². The molecule has 0 aliphatic carbocycles. The number of hydrogen-bond acceptors (Lipinski definition) is 7. The van der Waals surface area contributed by atoms with Crippen LogP contribution in [0.3, 0.4) is 0 Å². The molecule has 1 N–H and O–H groups in total. The summed E-state index contributed by atoms with van der Waals surface area (Å²) in [5.41, 5.74) is 0.754. The Morgan fingerprint density at radius 3 is 2.55 bits per heavy atom. The van der Waals surface area contributed by atoms with Crippen LogP contribution in [-0.4, -0.2) is 51.1 Å². The first-order valence-electron chi connectivity index (χ1n) is 9.10. The van der Waals surface area contributed by atoms with Crippen LogP contribution in [0.4, 0.5) is 11.4 Å². The second-order valence-corrected chi connectivity index (χ2v) is 8.50. The number of nitro groups is 1. The zero-order valence-corrected chi connectivity index (χ0v) is 17.0.